The van der Waals surface area contributed by atoms with Crippen LogP contribution >= 0.6 is 57.7 Å². The standard InChI is InChI=1S/C21H12Cl4N2O2S/c22-12-3-4-16(24)15(8-12)18-5-6-19(29-18)20(28)27-21-26-10-14(30-21)7-11-1-2-13(23)9-17(11)25/h1-6,8-10H,7H2,(H,26,27,28). The van der Waals surface area contributed by atoms with E-state index in [9.17, 15) is 4.79 Å². The van der Waals surface area contributed by atoms with E-state index in [4.69, 9.17) is 50.8 Å². The molecule has 4 aromatic rings. The van der Waals surface area contributed by atoms with Crippen molar-refractivity contribution >= 4 is 68.8 Å². The van der Waals surface area contributed by atoms with E-state index in [1.54, 1.807) is 48.7 Å². The number of rotatable bonds is 5. The largest absolute Gasteiger partial charge is 0.451 e. The van der Waals surface area contributed by atoms with Gasteiger partial charge in [-0.15, -0.1) is 11.3 Å². The second-order valence-electron chi connectivity index (χ2n) is 6.29. The van der Waals surface area contributed by atoms with E-state index in [0.717, 1.165) is 10.4 Å². The molecule has 30 heavy (non-hydrogen) atoms. The van der Waals surface area contributed by atoms with Gasteiger partial charge in [-0.2, -0.15) is 0 Å². The van der Waals surface area contributed by atoms with Gasteiger partial charge in [-0.3, -0.25) is 10.1 Å². The smallest absolute Gasteiger partial charge is 0.293 e. The lowest BCUT2D eigenvalue weighted by atomic mass is 10.1. The van der Waals surface area contributed by atoms with Crippen LogP contribution in [0.15, 0.2) is 59.1 Å². The van der Waals surface area contributed by atoms with Gasteiger partial charge in [-0.25, -0.2) is 4.98 Å². The fraction of sp³-hybridized carbons (Fsp3) is 0.0476. The highest BCUT2D eigenvalue weighted by molar-refractivity contribution is 7.15. The van der Waals surface area contributed by atoms with Crippen LogP contribution in [-0.4, -0.2) is 10.9 Å². The molecule has 0 unspecified atom stereocenters. The Labute approximate surface area is 196 Å². The maximum Gasteiger partial charge on any atom is 0.293 e. The number of carbonyl (C=O) groups excluding carboxylic acids is 1. The highest BCUT2D eigenvalue weighted by Gasteiger charge is 2.16. The molecule has 0 aliphatic carbocycles. The lowest BCUT2D eigenvalue weighted by Crippen LogP contribution is -2.10. The Balaban J connectivity index is 1.46. The number of halogens is 4. The van der Waals surface area contributed by atoms with Gasteiger partial charge in [-0.1, -0.05) is 52.5 Å². The molecule has 0 spiro atoms. The van der Waals surface area contributed by atoms with Gasteiger partial charge in [0.15, 0.2) is 10.9 Å². The van der Waals surface area contributed by atoms with Gasteiger partial charge < -0.3 is 4.42 Å². The molecule has 0 saturated heterocycles. The molecular weight excluding hydrogens is 486 g/mol. The molecule has 0 fully saturated rings. The molecule has 2 aromatic carbocycles. The Morgan fingerprint density at radius 2 is 1.73 bits per heavy atom. The first-order chi connectivity index (χ1) is 14.4. The van der Waals surface area contributed by atoms with Gasteiger partial charge >= 0.3 is 0 Å². The lowest BCUT2D eigenvalue weighted by molar-refractivity contribution is 0.0997. The summed E-state index contributed by atoms with van der Waals surface area (Å²) in [6.07, 6.45) is 2.28. The zero-order valence-corrected chi connectivity index (χ0v) is 18.9. The molecule has 4 nitrogen and oxygen atoms in total. The first-order valence-electron chi connectivity index (χ1n) is 8.64. The average molecular weight is 498 g/mol. The molecule has 0 saturated carbocycles. The molecule has 1 N–H and O–H groups in total. The number of hydrogen-bond acceptors (Lipinski definition) is 4. The Bertz CT molecular complexity index is 1240. The summed E-state index contributed by atoms with van der Waals surface area (Å²) >= 11 is 25.7. The number of nitrogens with one attached hydrogen (secondary N) is 1. The topological polar surface area (TPSA) is 55.1 Å². The minimum absolute atomic E-state index is 0.138. The lowest BCUT2D eigenvalue weighted by Gasteiger charge is -2.02. The molecule has 2 aromatic heterocycles. The Hall–Kier alpha value is -2.02. The van der Waals surface area contributed by atoms with E-state index in [2.05, 4.69) is 10.3 Å². The predicted molar refractivity (Wildman–Crippen MR) is 123 cm³/mol. The maximum absolute atomic E-state index is 12.5. The van der Waals surface area contributed by atoms with Gasteiger partial charge in [0.1, 0.15) is 5.76 Å². The minimum Gasteiger partial charge on any atom is -0.451 e. The number of furan rings is 1. The monoisotopic (exact) mass is 496 g/mol. The van der Waals surface area contributed by atoms with E-state index < -0.39 is 5.91 Å². The Morgan fingerprint density at radius 3 is 2.53 bits per heavy atom. The van der Waals surface area contributed by atoms with Crippen LogP contribution in [0.1, 0.15) is 21.0 Å². The van der Waals surface area contributed by atoms with E-state index >= 15 is 0 Å². The quantitative estimate of drug-likeness (QED) is 0.305. The Morgan fingerprint density at radius 1 is 0.967 bits per heavy atom. The van der Waals surface area contributed by atoms with Crippen molar-refractivity contribution in [2.24, 2.45) is 0 Å². The van der Waals surface area contributed by atoms with Crippen molar-refractivity contribution in [3.05, 3.63) is 91.0 Å². The number of benzene rings is 2. The molecule has 4 rings (SSSR count). The fourth-order valence-electron chi connectivity index (χ4n) is 2.75. The van der Waals surface area contributed by atoms with Crippen LogP contribution < -0.4 is 5.32 Å². The molecule has 0 radical (unpaired) electrons. The summed E-state index contributed by atoms with van der Waals surface area (Å²) in [5, 5.41) is 5.37. The van der Waals surface area contributed by atoms with E-state index in [1.807, 2.05) is 6.07 Å². The second-order valence-corrected chi connectivity index (χ2v) is 9.09. The van der Waals surface area contributed by atoms with Crippen LogP contribution in [0, 0.1) is 0 Å². The third kappa shape index (κ3) is 4.82. The molecule has 0 atom stereocenters. The first-order valence-corrected chi connectivity index (χ1v) is 11.0. The highest BCUT2D eigenvalue weighted by Crippen LogP contribution is 2.32. The van der Waals surface area contributed by atoms with E-state index in [-0.39, 0.29) is 5.76 Å². The van der Waals surface area contributed by atoms with E-state index in [1.165, 1.54) is 11.3 Å². The second kappa shape index (κ2) is 9.00. The van der Waals surface area contributed by atoms with Crippen molar-refractivity contribution in [1.29, 1.82) is 0 Å². The van der Waals surface area contributed by atoms with Gasteiger partial charge in [0.25, 0.3) is 5.91 Å². The van der Waals surface area contributed by atoms with Crippen LogP contribution in [0.2, 0.25) is 20.1 Å². The third-order valence-electron chi connectivity index (χ3n) is 4.18. The number of anilines is 1. The van der Waals surface area contributed by atoms with Gasteiger partial charge in [0, 0.05) is 38.1 Å². The molecule has 0 aliphatic heterocycles. The van der Waals surface area contributed by atoms with E-state index in [0.29, 0.717) is 43.0 Å². The number of aromatic nitrogens is 1. The molecular formula is C21H12Cl4N2O2S. The summed E-state index contributed by atoms with van der Waals surface area (Å²) in [5.74, 6) is 0.174. The summed E-state index contributed by atoms with van der Waals surface area (Å²) < 4.78 is 5.66. The van der Waals surface area contributed by atoms with Crippen molar-refractivity contribution in [3.63, 3.8) is 0 Å². The predicted octanol–water partition coefficient (Wildman–Crippen LogP) is 7.86. The summed E-state index contributed by atoms with van der Waals surface area (Å²) in [6, 6.07) is 13.6. The number of amides is 1. The summed E-state index contributed by atoms with van der Waals surface area (Å²) in [4.78, 5) is 17.7. The van der Waals surface area contributed by atoms with Crippen molar-refractivity contribution in [2.45, 2.75) is 6.42 Å². The zero-order chi connectivity index (χ0) is 21.3. The van der Waals surface area contributed by atoms with Crippen molar-refractivity contribution in [2.75, 3.05) is 5.32 Å². The summed E-state index contributed by atoms with van der Waals surface area (Å²) in [6.45, 7) is 0. The van der Waals surface area contributed by atoms with Crippen molar-refractivity contribution in [3.8, 4) is 11.3 Å². The van der Waals surface area contributed by atoms with Crippen molar-refractivity contribution in [1.82, 2.24) is 4.98 Å². The molecule has 2 heterocycles. The SMILES string of the molecule is O=C(Nc1ncc(Cc2ccc(Cl)cc2Cl)s1)c1ccc(-c2cc(Cl)ccc2Cl)o1. The van der Waals surface area contributed by atoms with Crippen LogP contribution in [0.3, 0.4) is 0 Å². The van der Waals surface area contributed by atoms with Crippen LogP contribution in [0.4, 0.5) is 5.13 Å². The molecule has 1 amide bonds. The molecule has 9 heteroatoms. The highest BCUT2D eigenvalue weighted by atomic mass is 35.5. The number of carbonyl (C=O) groups is 1. The first kappa shape index (κ1) is 21.2. The molecule has 0 bridgehead atoms. The van der Waals surface area contributed by atoms with Crippen molar-refractivity contribution < 1.29 is 9.21 Å². The maximum atomic E-state index is 12.5. The number of thiazole rings is 1. The zero-order valence-electron chi connectivity index (χ0n) is 15.1. The summed E-state index contributed by atoms with van der Waals surface area (Å²) in [5.41, 5.74) is 1.54. The minimum atomic E-state index is -0.412. The van der Waals surface area contributed by atoms with Gasteiger partial charge in [-0.05, 0) is 48.0 Å². The van der Waals surface area contributed by atoms with Gasteiger partial charge in [0.05, 0.1) is 5.02 Å². The fourth-order valence-corrected chi connectivity index (χ4v) is 4.44. The number of nitrogens with zero attached hydrogens (tertiary/aromatic N) is 1. The van der Waals surface area contributed by atoms with Crippen LogP contribution in [0.25, 0.3) is 11.3 Å². The third-order valence-corrected chi connectivity index (χ3v) is 6.24. The molecule has 0 aliphatic rings. The average Bonchev–Trinajstić information content (AvgIpc) is 3.36. The molecule has 152 valence electrons. The normalized spacial score (nSPS) is 10.9. The summed E-state index contributed by atoms with van der Waals surface area (Å²) in [7, 11) is 0. The van der Waals surface area contributed by atoms with Crippen LogP contribution in [-0.2, 0) is 6.42 Å². The van der Waals surface area contributed by atoms with Gasteiger partial charge in [0.2, 0.25) is 0 Å². The number of hydrogen-bond donors (Lipinski definition) is 1. The Kier molecular flexibility index (Phi) is 6.37. The van der Waals surface area contributed by atoms with Crippen LogP contribution in [0.5, 0.6) is 0 Å².